The Balaban J connectivity index is 2.76. The lowest BCUT2D eigenvalue weighted by molar-refractivity contribution is 0.0691. The van der Waals surface area contributed by atoms with E-state index in [9.17, 15) is 9.59 Å². The quantitative estimate of drug-likeness (QED) is 0.564. The summed E-state index contributed by atoms with van der Waals surface area (Å²) in [7, 11) is 1.39. The monoisotopic (exact) mass is 192 g/mol. The number of fused-ring (bicyclic) bond motifs is 1. The van der Waals surface area contributed by atoms with Crippen LogP contribution in [0.15, 0.2) is 0 Å². The molecule has 14 heavy (non-hydrogen) atoms. The molecule has 0 unspecified atom stereocenters. The summed E-state index contributed by atoms with van der Waals surface area (Å²) in [6, 6.07) is 0. The van der Waals surface area contributed by atoms with Crippen LogP contribution in [-0.2, 0) is 0 Å². The molecule has 0 radical (unpaired) electrons. The maximum absolute atomic E-state index is 11.5. The fourth-order valence-corrected chi connectivity index (χ4v) is 1.38. The van der Waals surface area contributed by atoms with Gasteiger partial charge in [0, 0.05) is 7.05 Å². The number of carbonyl (C=O) groups is 2. The molecule has 0 spiro atoms. The minimum atomic E-state index is -0.442. The van der Waals surface area contributed by atoms with E-state index in [0.717, 1.165) is 4.90 Å². The molecule has 6 heteroatoms. The Morgan fingerprint density at radius 3 is 2.50 bits per heavy atom. The van der Waals surface area contributed by atoms with E-state index in [-0.39, 0.29) is 17.1 Å². The van der Waals surface area contributed by atoms with Gasteiger partial charge >= 0.3 is 0 Å². The number of nitrogens with two attached hydrogens (primary N) is 1. The van der Waals surface area contributed by atoms with Gasteiger partial charge in [0.05, 0.1) is 0 Å². The van der Waals surface area contributed by atoms with E-state index in [2.05, 4.69) is 9.97 Å². The highest BCUT2D eigenvalue weighted by Gasteiger charge is 2.37. The summed E-state index contributed by atoms with van der Waals surface area (Å²) in [5, 5.41) is 0. The molecular formula is C8H8N4O2. The first-order valence-electron chi connectivity index (χ1n) is 3.99. The molecule has 2 rings (SSSR count). The van der Waals surface area contributed by atoms with Gasteiger partial charge in [0.15, 0.2) is 0 Å². The fraction of sp³-hybridized carbons (Fsp3) is 0.250. The molecule has 0 saturated carbocycles. The molecule has 1 aliphatic rings. The van der Waals surface area contributed by atoms with Crippen LogP contribution in [-0.4, -0.2) is 33.7 Å². The number of amides is 2. The third-order valence-electron chi connectivity index (χ3n) is 2.07. The molecule has 0 atom stereocenters. The highest BCUT2D eigenvalue weighted by molar-refractivity contribution is 6.22. The summed E-state index contributed by atoms with van der Waals surface area (Å²) in [4.78, 5) is 31.7. The Bertz CT molecular complexity index is 455. The number of rotatable bonds is 0. The minimum Gasteiger partial charge on any atom is -0.383 e. The Morgan fingerprint density at radius 2 is 1.86 bits per heavy atom. The van der Waals surface area contributed by atoms with Crippen molar-refractivity contribution in [1.29, 1.82) is 0 Å². The van der Waals surface area contributed by atoms with E-state index in [1.165, 1.54) is 7.05 Å². The summed E-state index contributed by atoms with van der Waals surface area (Å²) in [5.41, 5.74) is 5.75. The Kier molecular flexibility index (Phi) is 1.54. The summed E-state index contributed by atoms with van der Waals surface area (Å²) in [6.07, 6.45) is 0. The first kappa shape index (κ1) is 8.61. The van der Waals surface area contributed by atoms with Gasteiger partial charge in [0.1, 0.15) is 22.9 Å². The molecule has 1 aromatic heterocycles. The largest absolute Gasteiger partial charge is 0.383 e. The predicted molar refractivity (Wildman–Crippen MR) is 47.6 cm³/mol. The van der Waals surface area contributed by atoms with Crippen LogP contribution in [0.4, 0.5) is 5.82 Å². The van der Waals surface area contributed by atoms with Crippen molar-refractivity contribution in [2.24, 2.45) is 0 Å². The molecule has 0 bridgehead atoms. The lowest BCUT2D eigenvalue weighted by Crippen LogP contribution is -2.24. The number of hydrogen-bond acceptors (Lipinski definition) is 5. The number of hydrogen-bond donors (Lipinski definition) is 1. The molecule has 0 aliphatic carbocycles. The fourth-order valence-electron chi connectivity index (χ4n) is 1.38. The predicted octanol–water partition coefficient (Wildman–Crippen LogP) is -0.407. The molecule has 0 saturated heterocycles. The highest BCUT2D eigenvalue weighted by Crippen LogP contribution is 2.23. The summed E-state index contributed by atoms with van der Waals surface area (Å²) < 4.78 is 0. The molecule has 0 fully saturated rings. The van der Waals surface area contributed by atoms with E-state index in [4.69, 9.17) is 5.73 Å². The van der Waals surface area contributed by atoms with Crippen molar-refractivity contribution >= 4 is 17.6 Å². The highest BCUT2D eigenvalue weighted by atomic mass is 16.2. The standard InChI is InChI=1S/C8H8N4O2/c1-3-10-5-4(6(9)11-3)7(13)12(2)8(5)14/h1-2H3,(H2,9,10,11). The van der Waals surface area contributed by atoms with Gasteiger partial charge in [-0.2, -0.15) is 0 Å². The molecule has 6 nitrogen and oxygen atoms in total. The van der Waals surface area contributed by atoms with Crippen molar-refractivity contribution in [3.05, 3.63) is 17.1 Å². The average molecular weight is 192 g/mol. The van der Waals surface area contributed by atoms with Crippen molar-refractivity contribution in [3.63, 3.8) is 0 Å². The molecule has 72 valence electrons. The second kappa shape index (κ2) is 2.50. The molecule has 1 aliphatic heterocycles. The zero-order valence-corrected chi connectivity index (χ0v) is 7.74. The van der Waals surface area contributed by atoms with Crippen molar-refractivity contribution in [2.75, 3.05) is 12.8 Å². The molecule has 2 heterocycles. The van der Waals surface area contributed by atoms with Crippen molar-refractivity contribution < 1.29 is 9.59 Å². The molecule has 2 N–H and O–H groups in total. The Hall–Kier alpha value is -1.98. The Labute approximate surface area is 79.7 Å². The SMILES string of the molecule is Cc1nc(N)c2c(n1)C(=O)N(C)C2=O. The van der Waals surface area contributed by atoms with Gasteiger partial charge in [0.25, 0.3) is 11.8 Å². The van der Waals surface area contributed by atoms with Crippen LogP contribution >= 0.6 is 0 Å². The van der Waals surface area contributed by atoms with Crippen LogP contribution in [0.1, 0.15) is 26.7 Å². The van der Waals surface area contributed by atoms with Gasteiger partial charge in [-0.05, 0) is 6.92 Å². The third kappa shape index (κ3) is 0.905. The van der Waals surface area contributed by atoms with E-state index in [0.29, 0.717) is 5.82 Å². The first-order chi connectivity index (χ1) is 6.52. The zero-order valence-electron chi connectivity index (χ0n) is 7.74. The van der Waals surface area contributed by atoms with Gasteiger partial charge < -0.3 is 5.73 Å². The summed E-state index contributed by atoms with van der Waals surface area (Å²) in [5.74, 6) is -0.419. The van der Waals surface area contributed by atoms with E-state index < -0.39 is 11.8 Å². The number of nitrogen functional groups attached to an aromatic ring is 1. The van der Waals surface area contributed by atoms with Gasteiger partial charge in [0.2, 0.25) is 0 Å². The van der Waals surface area contributed by atoms with E-state index in [1.807, 2.05) is 0 Å². The van der Waals surface area contributed by atoms with Gasteiger partial charge in [-0.3, -0.25) is 14.5 Å². The number of nitrogens with zero attached hydrogens (tertiary/aromatic N) is 3. The van der Waals surface area contributed by atoms with Crippen LogP contribution < -0.4 is 5.73 Å². The van der Waals surface area contributed by atoms with Crippen LogP contribution in [0, 0.1) is 6.92 Å². The lowest BCUT2D eigenvalue weighted by Gasteiger charge is -2.02. The van der Waals surface area contributed by atoms with Crippen LogP contribution in [0.2, 0.25) is 0 Å². The maximum atomic E-state index is 11.5. The Morgan fingerprint density at radius 1 is 1.21 bits per heavy atom. The van der Waals surface area contributed by atoms with Gasteiger partial charge in [-0.15, -0.1) is 0 Å². The first-order valence-corrected chi connectivity index (χ1v) is 3.99. The molecule has 0 aromatic carbocycles. The second-order valence-electron chi connectivity index (χ2n) is 3.05. The minimum absolute atomic E-state index is 0.0650. The number of carbonyl (C=O) groups excluding carboxylic acids is 2. The summed E-state index contributed by atoms with van der Waals surface area (Å²) >= 11 is 0. The van der Waals surface area contributed by atoms with Gasteiger partial charge in [-0.25, -0.2) is 9.97 Å². The number of imide groups is 1. The van der Waals surface area contributed by atoms with Crippen LogP contribution in [0.5, 0.6) is 0 Å². The molecule has 2 amide bonds. The molecule has 1 aromatic rings. The smallest absolute Gasteiger partial charge is 0.280 e. The normalized spacial score (nSPS) is 14.9. The van der Waals surface area contributed by atoms with Crippen molar-refractivity contribution in [2.45, 2.75) is 6.92 Å². The zero-order chi connectivity index (χ0) is 10.5. The lowest BCUT2D eigenvalue weighted by atomic mass is 10.2. The second-order valence-corrected chi connectivity index (χ2v) is 3.05. The van der Waals surface area contributed by atoms with Crippen LogP contribution in [0.25, 0.3) is 0 Å². The number of anilines is 1. The summed E-state index contributed by atoms with van der Waals surface area (Å²) in [6.45, 7) is 1.62. The van der Waals surface area contributed by atoms with E-state index >= 15 is 0 Å². The van der Waals surface area contributed by atoms with Crippen molar-refractivity contribution in [1.82, 2.24) is 14.9 Å². The topological polar surface area (TPSA) is 89.2 Å². The third-order valence-corrected chi connectivity index (χ3v) is 2.07. The average Bonchev–Trinajstić information content (AvgIpc) is 2.31. The van der Waals surface area contributed by atoms with Gasteiger partial charge in [-0.1, -0.05) is 0 Å². The van der Waals surface area contributed by atoms with E-state index in [1.54, 1.807) is 6.92 Å². The maximum Gasteiger partial charge on any atom is 0.280 e. The molecular weight excluding hydrogens is 184 g/mol. The van der Waals surface area contributed by atoms with Crippen molar-refractivity contribution in [3.8, 4) is 0 Å². The number of aryl methyl sites for hydroxylation is 1. The number of aromatic nitrogens is 2. The van der Waals surface area contributed by atoms with Crippen LogP contribution in [0.3, 0.4) is 0 Å².